The van der Waals surface area contributed by atoms with Crippen LogP contribution < -0.4 is 5.32 Å². The number of rotatable bonds is 4. The van der Waals surface area contributed by atoms with Gasteiger partial charge in [-0.25, -0.2) is 9.97 Å². The highest BCUT2D eigenvalue weighted by atomic mass is 16.2. The highest BCUT2D eigenvalue weighted by Gasteiger charge is 2.39. The molecule has 138 valence electrons. The van der Waals surface area contributed by atoms with E-state index in [4.69, 9.17) is 0 Å². The second-order valence-corrected chi connectivity index (χ2v) is 7.45. The van der Waals surface area contributed by atoms with Gasteiger partial charge in [-0.15, -0.1) is 0 Å². The zero-order valence-corrected chi connectivity index (χ0v) is 15.5. The Morgan fingerprint density at radius 2 is 2.04 bits per heavy atom. The number of hydrogen-bond donors (Lipinski definition) is 1. The monoisotopic (exact) mass is 354 g/mol. The third-order valence-corrected chi connectivity index (χ3v) is 5.67. The summed E-state index contributed by atoms with van der Waals surface area (Å²) in [6.07, 6.45) is 11.8. The van der Waals surface area contributed by atoms with Crippen molar-refractivity contribution in [2.24, 2.45) is 13.0 Å². The van der Waals surface area contributed by atoms with Gasteiger partial charge in [-0.1, -0.05) is 6.42 Å². The lowest BCUT2D eigenvalue weighted by Gasteiger charge is -2.24. The van der Waals surface area contributed by atoms with Crippen LogP contribution in [0, 0.1) is 5.92 Å². The molecule has 1 N–H and O–H groups in total. The first-order valence-electron chi connectivity index (χ1n) is 9.44. The molecule has 0 aromatic carbocycles. The lowest BCUT2D eigenvalue weighted by atomic mass is 9.95. The van der Waals surface area contributed by atoms with E-state index in [2.05, 4.69) is 20.4 Å². The lowest BCUT2D eigenvalue weighted by molar-refractivity contribution is -0.127. The molecular weight excluding hydrogens is 328 g/mol. The first-order valence-corrected chi connectivity index (χ1v) is 9.44. The minimum atomic E-state index is 0.0594. The van der Waals surface area contributed by atoms with Gasteiger partial charge >= 0.3 is 0 Å². The molecule has 0 bridgehead atoms. The van der Waals surface area contributed by atoms with Gasteiger partial charge in [0.05, 0.1) is 12.2 Å². The molecule has 4 rings (SSSR count). The molecule has 1 aliphatic carbocycles. The van der Waals surface area contributed by atoms with E-state index < -0.39 is 0 Å². The zero-order chi connectivity index (χ0) is 18.1. The van der Waals surface area contributed by atoms with E-state index in [1.165, 1.54) is 30.5 Å². The zero-order valence-electron chi connectivity index (χ0n) is 15.5. The van der Waals surface area contributed by atoms with Crippen molar-refractivity contribution < 1.29 is 4.79 Å². The maximum absolute atomic E-state index is 12.3. The van der Waals surface area contributed by atoms with Crippen molar-refractivity contribution in [3.05, 3.63) is 35.5 Å². The predicted octanol–water partition coefficient (Wildman–Crippen LogP) is 2.11. The fraction of sp³-hybridized carbons (Fsp3) is 0.579. The number of likely N-dealkylation sites (tertiary alicyclic amines) is 1. The van der Waals surface area contributed by atoms with Crippen molar-refractivity contribution in [3.63, 3.8) is 0 Å². The van der Waals surface area contributed by atoms with Gasteiger partial charge in [-0.05, 0) is 25.7 Å². The summed E-state index contributed by atoms with van der Waals surface area (Å²) in [6.45, 7) is 0.721. The minimum absolute atomic E-state index is 0.0594. The summed E-state index contributed by atoms with van der Waals surface area (Å²) in [5.41, 5.74) is 3.54. The van der Waals surface area contributed by atoms with Crippen molar-refractivity contribution in [1.29, 1.82) is 0 Å². The SMILES string of the molecule is CN1C(=O)C[C@@H](CNc2ncnc3c2CCCCC3)[C@@H]1c1cnn(C)c1. The molecule has 2 aromatic heterocycles. The maximum atomic E-state index is 12.3. The van der Waals surface area contributed by atoms with Crippen molar-refractivity contribution in [1.82, 2.24) is 24.6 Å². The van der Waals surface area contributed by atoms with E-state index in [1.54, 1.807) is 11.0 Å². The van der Waals surface area contributed by atoms with Gasteiger partial charge in [0, 0.05) is 56.0 Å². The van der Waals surface area contributed by atoms with E-state index >= 15 is 0 Å². The Labute approximate surface area is 153 Å². The van der Waals surface area contributed by atoms with Crippen molar-refractivity contribution in [2.45, 2.75) is 44.6 Å². The van der Waals surface area contributed by atoms with Crippen LogP contribution in [0.2, 0.25) is 0 Å². The van der Waals surface area contributed by atoms with Crippen LogP contribution in [0.5, 0.6) is 0 Å². The standard InChI is InChI=1S/C19H26N6O/c1-24-11-14(10-23-24)18-13(8-17(26)25(18)2)9-20-19-15-6-4-3-5-7-16(15)21-12-22-19/h10-13,18H,3-9H2,1-2H3,(H,20,21,22)/t13-,18+/m0/s1. The van der Waals surface area contributed by atoms with Crippen molar-refractivity contribution >= 4 is 11.7 Å². The van der Waals surface area contributed by atoms with Crippen LogP contribution in [0.15, 0.2) is 18.7 Å². The quantitative estimate of drug-likeness (QED) is 0.851. The van der Waals surface area contributed by atoms with Crippen LogP contribution >= 0.6 is 0 Å². The van der Waals surface area contributed by atoms with E-state index in [9.17, 15) is 4.79 Å². The number of hydrogen-bond acceptors (Lipinski definition) is 5. The van der Waals surface area contributed by atoms with Crippen LogP contribution in [0.1, 0.15) is 48.5 Å². The highest BCUT2D eigenvalue weighted by Crippen LogP contribution is 2.37. The van der Waals surface area contributed by atoms with Crippen molar-refractivity contribution in [3.8, 4) is 0 Å². The summed E-state index contributed by atoms with van der Waals surface area (Å²) in [7, 11) is 3.79. The Hall–Kier alpha value is -2.44. The van der Waals surface area contributed by atoms with Crippen LogP contribution in [0.25, 0.3) is 0 Å². The number of carbonyl (C=O) groups is 1. The number of amides is 1. The number of carbonyl (C=O) groups excluding carboxylic acids is 1. The van der Waals surface area contributed by atoms with Crippen LogP contribution in [-0.4, -0.2) is 44.1 Å². The van der Waals surface area contributed by atoms with Crippen LogP contribution in [-0.2, 0) is 24.7 Å². The van der Waals surface area contributed by atoms with Crippen molar-refractivity contribution in [2.75, 3.05) is 18.9 Å². The molecule has 1 aliphatic heterocycles. The Balaban J connectivity index is 1.53. The molecule has 26 heavy (non-hydrogen) atoms. The largest absolute Gasteiger partial charge is 0.369 e. The maximum Gasteiger partial charge on any atom is 0.223 e. The first kappa shape index (κ1) is 17.0. The van der Waals surface area contributed by atoms with E-state index in [1.807, 2.05) is 31.4 Å². The molecule has 7 heteroatoms. The normalized spacial score (nSPS) is 23.0. The molecule has 0 spiro atoms. The number of anilines is 1. The summed E-state index contributed by atoms with van der Waals surface area (Å²) >= 11 is 0. The van der Waals surface area contributed by atoms with Crippen LogP contribution in [0.3, 0.4) is 0 Å². The minimum Gasteiger partial charge on any atom is -0.369 e. The molecule has 1 saturated heterocycles. The summed E-state index contributed by atoms with van der Waals surface area (Å²) in [6, 6.07) is 0.0594. The Kier molecular flexibility index (Phi) is 4.61. The molecule has 1 fully saturated rings. The highest BCUT2D eigenvalue weighted by molar-refractivity contribution is 5.79. The third kappa shape index (κ3) is 3.18. The van der Waals surface area contributed by atoms with Gasteiger partial charge < -0.3 is 10.2 Å². The second kappa shape index (κ2) is 7.05. The fourth-order valence-electron chi connectivity index (χ4n) is 4.30. The molecule has 0 unspecified atom stereocenters. The summed E-state index contributed by atoms with van der Waals surface area (Å²) in [4.78, 5) is 23.1. The molecule has 2 aliphatic rings. The van der Waals surface area contributed by atoms with E-state index in [0.717, 1.165) is 30.8 Å². The number of fused-ring (bicyclic) bond motifs is 1. The van der Waals surface area contributed by atoms with Gasteiger partial charge in [0.15, 0.2) is 0 Å². The summed E-state index contributed by atoms with van der Waals surface area (Å²) in [5, 5.41) is 7.81. The second-order valence-electron chi connectivity index (χ2n) is 7.45. The first-order chi connectivity index (χ1) is 12.6. The molecule has 2 aromatic rings. The van der Waals surface area contributed by atoms with E-state index in [-0.39, 0.29) is 17.9 Å². The predicted molar refractivity (Wildman–Crippen MR) is 98.6 cm³/mol. The van der Waals surface area contributed by atoms with E-state index in [0.29, 0.717) is 6.42 Å². The third-order valence-electron chi connectivity index (χ3n) is 5.67. The number of nitrogens with zero attached hydrogens (tertiary/aromatic N) is 5. The smallest absolute Gasteiger partial charge is 0.223 e. The molecule has 0 saturated carbocycles. The number of aromatic nitrogens is 4. The van der Waals surface area contributed by atoms with Crippen LogP contribution in [0.4, 0.5) is 5.82 Å². The fourth-order valence-corrected chi connectivity index (χ4v) is 4.30. The van der Waals surface area contributed by atoms with Gasteiger partial charge in [-0.3, -0.25) is 9.48 Å². The average molecular weight is 354 g/mol. The molecule has 2 atom stereocenters. The summed E-state index contributed by atoms with van der Waals surface area (Å²) in [5.74, 6) is 1.34. The molecule has 3 heterocycles. The van der Waals surface area contributed by atoms with Gasteiger partial charge in [0.1, 0.15) is 12.1 Å². The van der Waals surface area contributed by atoms with Gasteiger partial charge in [0.25, 0.3) is 0 Å². The Morgan fingerprint density at radius 1 is 1.19 bits per heavy atom. The molecule has 1 amide bonds. The molecule has 0 radical (unpaired) electrons. The lowest BCUT2D eigenvalue weighted by Crippen LogP contribution is -2.26. The summed E-state index contributed by atoms with van der Waals surface area (Å²) < 4.78 is 1.79. The van der Waals surface area contributed by atoms with Gasteiger partial charge in [0.2, 0.25) is 5.91 Å². The van der Waals surface area contributed by atoms with Gasteiger partial charge in [-0.2, -0.15) is 5.10 Å². The Bertz CT molecular complexity index is 801. The molecular formula is C19H26N6O. The molecule has 7 nitrogen and oxygen atoms in total. The Morgan fingerprint density at radius 3 is 2.85 bits per heavy atom. The number of aryl methyl sites for hydroxylation is 2. The topological polar surface area (TPSA) is 75.9 Å². The average Bonchev–Trinajstić information content (AvgIpc) is 3.06. The number of nitrogens with one attached hydrogen (secondary N) is 1.